The minimum Gasteiger partial charge on any atom is -0.370 e. The molecule has 3 nitrogen and oxygen atoms in total. The number of aliphatic imine (C=N–C) groups is 1. The van der Waals surface area contributed by atoms with E-state index in [1.165, 1.54) is 0 Å². The van der Waals surface area contributed by atoms with Crippen molar-refractivity contribution < 1.29 is 4.79 Å². The van der Waals surface area contributed by atoms with Crippen LogP contribution in [-0.2, 0) is 4.79 Å². The van der Waals surface area contributed by atoms with Gasteiger partial charge < -0.3 is 5.73 Å². The zero-order valence-electron chi connectivity index (χ0n) is 6.08. The van der Waals surface area contributed by atoms with E-state index in [4.69, 9.17) is 5.73 Å². The normalized spacial score (nSPS) is 13.3. The second kappa shape index (κ2) is 4.73. The van der Waals surface area contributed by atoms with Gasteiger partial charge in [-0.25, -0.2) is 0 Å². The van der Waals surface area contributed by atoms with Crippen molar-refractivity contribution >= 4 is 12.1 Å². The van der Waals surface area contributed by atoms with Crippen molar-refractivity contribution in [1.82, 2.24) is 0 Å². The van der Waals surface area contributed by atoms with Crippen LogP contribution in [0, 0.1) is 0 Å². The molecule has 0 fully saturated rings. The first-order valence-corrected chi connectivity index (χ1v) is 3.09. The van der Waals surface area contributed by atoms with Crippen LogP contribution in [0.25, 0.3) is 0 Å². The lowest BCUT2D eigenvalue weighted by molar-refractivity contribution is -0.118. The third-order valence-corrected chi connectivity index (χ3v) is 0.943. The Hall–Kier alpha value is -1.12. The zero-order chi connectivity index (χ0) is 7.98. The quantitative estimate of drug-likeness (QED) is 0.568. The van der Waals surface area contributed by atoms with Crippen LogP contribution in [0.4, 0.5) is 0 Å². The lowest BCUT2D eigenvalue weighted by Crippen LogP contribution is -2.16. The number of nitrogens with two attached hydrogens (primary N) is 1. The highest BCUT2D eigenvalue weighted by Gasteiger charge is 2.00. The molecule has 0 radical (unpaired) electrons. The molecule has 1 atom stereocenters. The van der Waals surface area contributed by atoms with E-state index in [9.17, 15) is 4.79 Å². The van der Waals surface area contributed by atoms with Crippen LogP contribution >= 0.6 is 0 Å². The van der Waals surface area contributed by atoms with Gasteiger partial charge in [0.1, 0.15) is 0 Å². The fraction of sp³-hybridized carbons (Fsp3) is 0.429. The number of hydrogen-bond donors (Lipinski definition) is 1. The fourth-order valence-corrected chi connectivity index (χ4v) is 0.552. The van der Waals surface area contributed by atoms with Crippen molar-refractivity contribution in [3.05, 3.63) is 12.7 Å². The summed E-state index contributed by atoms with van der Waals surface area (Å²) in [6.07, 6.45) is 3.43. The number of amides is 1. The summed E-state index contributed by atoms with van der Waals surface area (Å²) in [7, 11) is 0. The van der Waals surface area contributed by atoms with Crippen molar-refractivity contribution in [1.29, 1.82) is 0 Å². The van der Waals surface area contributed by atoms with E-state index in [0.717, 1.165) is 0 Å². The van der Waals surface area contributed by atoms with Crippen LogP contribution in [-0.4, -0.2) is 18.2 Å². The van der Waals surface area contributed by atoms with Gasteiger partial charge in [0.25, 0.3) is 0 Å². The van der Waals surface area contributed by atoms with Crippen LogP contribution in [0.3, 0.4) is 0 Å². The molecule has 0 aromatic heterocycles. The molecule has 0 saturated carbocycles. The van der Waals surface area contributed by atoms with Crippen LogP contribution in [0.5, 0.6) is 0 Å². The molecule has 0 aliphatic rings. The highest BCUT2D eigenvalue weighted by molar-refractivity contribution is 5.75. The van der Waals surface area contributed by atoms with Crippen LogP contribution in [0.2, 0.25) is 0 Å². The van der Waals surface area contributed by atoms with E-state index in [0.29, 0.717) is 6.42 Å². The van der Waals surface area contributed by atoms with E-state index < -0.39 is 0 Å². The molecule has 0 rings (SSSR count). The molecular weight excluding hydrogens is 128 g/mol. The number of allylic oxidation sites excluding steroid dienone is 1. The molecule has 0 aliphatic heterocycles. The number of hydrogen-bond acceptors (Lipinski definition) is 2. The van der Waals surface area contributed by atoms with Gasteiger partial charge in [-0.05, 0) is 6.92 Å². The van der Waals surface area contributed by atoms with Gasteiger partial charge in [0.05, 0.1) is 6.04 Å². The second-order valence-corrected chi connectivity index (χ2v) is 2.05. The van der Waals surface area contributed by atoms with Crippen molar-refractivity contribution in [2.75, 3.05) is 0 Å². The molecule has 56 valence electrons. The molecule has 10 heavy (non-hydrogen) atoms. The molecule has 0 spiro atoms. The molecule has 0 bridgehead atoms. The van der Waals surface area contributed by atoms with Gasteiger partial charge in [-0.2, -0.15) is 0 Å². The van der Waals surface area contributed by atoms with E-state index in [1.807, 2.05) is 6.92 Å². The minimum atomic E-state index is -0.325. The maximum atomic E-state index is 10.3. The summed E-state index contributed by atoms with van der Waals surface area (Å²) in [4.78, 5) is 14.2. The predicted octanol–water partition coefficient (Wildman–Crippen LogP) is 0.507. The average molecular weight is 140 g/mol. The largest absolute Gasteiger partial charge is 0.370 e. The molecule has 2 N–H and O–H groups in total. The summed E-state index contributed by atoms with van der Waals surface area (Å²) in [6, 6.07) is -0.0319. The fourth-order valence-electron chi connectivity index (χ4n) is 0.552. The maximum Gasteiger partial charge on any atom is 0.219 e. The highest BCUT2D eigenvalue weighted by atomic mass is 16.1. The van der Waals surface area contributed by atoms with Gasteiger partial charge in [-0.15, -0.1) is 0 Å². The Labute approximate surface area is 60.6 Å². The highest BCUT2D eigenvalue weighted by Crippen LogP contribution is 1.93. The van der Waals surface area contributed by atoms with Gasteiger partial charge in [0, 0.05) is 12.6 Å². The molecule has 0 saturated heterocycles. The van der Waals surface area contributed by atoms with Crippen molar-refractivity contribution in [3.63, 3.8) is 0 Å². The Morgan fingerprint density at radius 2 is 2.50 bits per heavy atom. The smallest absolute Gasteiger partial charge is 0.219 e. The number of carbonyl (C=O) groups excluding carboxylic acids is 1. The molecule has 0 aromatic rings. The number of primary amides is 1. The SMILES string of the molecule is C=CC=NC(C)CC(N)=O. The second-order valence-electron chi connectivity index (χ2n) is 2.05. The molecule has 3 heteroatoms. The summed E-state index contributed by atoms with van der Waals surface area (Å²) < 4.78 is 0. The summed E-state index contributed by atoms with van der Waals surface area (Å²) in [5.74, 6) is -0.325. The van der Waals surface area contributed by atoms with Gasteiger partial charge in [0.15, 0.2) is 0 Å². The molecule has 1 unspecified atom stereocenters. The number of nitrogens with zero attached hydrogens (tertiary/aromatic N) is 1. The standard InChI is InChI=1S/C7H12N2O/c1-3-4-9-6(2)5-7(8)10/h3-4,6H,1,5H2,2H3,(H2,8,10). The van der Waals surface area contributed by atoms with Crippen LogP contribution < -0.4 is 5.73 Å². The molecule has 0 heterocycles. The summed E-state index contributed by atoms with van der Waals surface area (Å²) in [6.45, 7) is 5.27. The monoisotopic (exact) mass is 140 g/mol. The summed E-state index contributed by atoms with van der Waals surface area (Å²) in [5.41, 5.74) is 4.93. The Balaban J connectivity index is 3.62. The third-order valence-electron chi connectivity index (χ3n) is 0.943. The zero-order valence-corrected chi connectivity index (χ0v) is 6.08. The molecule has 0 aliphatic carbocycles. The third kappa shape index (κ3) is 5.03. The van der Waals surface area contributed by atoms with E-state index >= 15 is 0 Å². The van der Waals surface area contributed by atoms with E-state index in [2.05, 4.69) is 11.6 Å². The predicted molar refractivity (Wildman–Crippen MR) is 42.0 cm³/mol. The number of rotatable bonds is 4. The molecule has 0 aromatic carbocycles. The lowest BCUT2D eigenvalue weighted by atomic mass is 10.2. The maximum absolute atomic E-state index is 10.3. The van der Waals surface area contributed by atoms with Crippen LogP contribution in [0.1, 0.15) is 13.3 Å². The van der Waals surface area contributed by atoms with Gasteiger partial charge in [-0.1, -0.05) is 12.7 Å². The Bertz CT molecular complexity index is 152. The molecule has 1 amide bonds. The Morgan fingerprint density at radius 3 is 2.90 bits per heavy atom. The molecular formula is C7H12N2O. The number of carbonyl (C=O) groups is 1. The summed E-state index contributed by atoms with van der Waals surface area (Å²) >= 11 is 0. The first-order chi connectivity index (χ1) is 4.66. The summed E-state index contributed by atoms with van der Waals surface area (Å²) in [5, 5.41) is 0. The van der Waals surface area contributed by atoms with E-state index in [1.54, 1.807) is 12.3 Å². The van der Waals surface area contributed by atoms with Crippen LogP contribution in [0.15, 0.2) is 17.6 Å². The van der Waals surface area contributed by atoms with E-state index in [-0.39, 0.29) is 11.9 Å². The van der Waals surface area contributed by atoms with Gasteiger partial charge in [-0.3, -0.25) is 9.79 Å². The average Bonchev–Trinajstić information content (AvgIpc) is 1.82. The van der Waals surface area contributed by atoms with Gasteiger partial charge in [0.2, 0.25) is 5.91 Å². The first kappa shape index (κ1) is 8.88. The van der Waals surface area contributed by atoms with Gasteiger partial charge >= 0.3 is 0 Å². The van der Waals surface area contributed by atoms with Crippen molar-refractivity contribution in [2.45, 2.75) is 19.4 Å². The van der Waals surface area contributed by atoms with Crippen molar-refractivity contribution in [3.8, 4) is 0 Å². The Kier molecular flexibility index (Phi) is 4.20. The topological polar surface area (TPSA) is 55.4 Å². The lowest BCUT2D eigenvalue weighted by Gasteiger charge is -1.99. The Morgan fingerprint density at radius 1 is 1.90 bits per heavy atom. The minimum absolute atomic E-state index is 0.0319. The van der Waals surface area contributed by atoms with Crippen molar-refractivity contribution in [2.24, 2.45) is 10.7 Å². The first-order valence-electron chi connectivity index (χ1n) is 3.09.